The second-order valence-electron chi connectivity index (χ2n) is 5.66. The number of aryl methyl sites for hydroxylation is 1. The molecule has 0 saturated carbocycles. The Balaban J connectivity index is 2.23. The van der Waals surface area contributed by atoms with E-state index in [1.807, 2.05) is 6.92 Å². The first-order valence-electron chi connectivity index (χ1n) is 7.06. The molecule has 1 aromatic rings. The summed E-state index contributed by atoms with van der Waals surface area (Å²) in [4.78, 5) is 23.5. The molecule has 1 heterocycles. The monoisotopic (exact) mass is 293 g/mol. The molecule has 0 spiro atoms. The topological polar surface area (TPSA) is 84.2 Å². The van der Waals surface area contributed by atoms with E-state index in [4.69, 9.17) is 5.73 Å². The largest absolute Gasteiger partial charge is 0.326 e. The number of rotatable bonds is 4. The van der Waals surface area contributed by atoms with Gasteiger partial charge >= 0.3 is 0 Å². The molecule has 114 valence electrons. The summed E-state index contributed by atoms with van der Waals surface area (Å²) < 4.78 is 14.0. The van der Waals surface area contributed by atoms with Gasteiger partial charge < -0.3 is 16.4 Å². The van der Waals surface area contributed by atoms with Gasteiger partial charge in [0.05, 0.1) is 11.2 Å². The molecule has 1 atom stereocenters. The highest BCUT2D eigenvalue weighted by Crippen LogP contribution is 2.29. The molecule has 1 unspecified atom stereocenters. The van der Waals surface area contributed by atoms with Crippen molar-refractivity contribution in [3.63, 3.8) is 0 Å². The highest BCUT2D eigenvalue weighted by atomic mass is 19.1. The van der Waals surface area contributed by atoms with Crippen LogP contribution in [0.5, 0.6) is 0 Å². The van der Waals surface area contributed by atoms with Crippen molar-refractivity contribution in [3.8, 4) is 0 Å². The lowest BCUT2D eigenvalue weighted by atomic mass is 9.96. The Morgan fingerprint density at radius 2 is 2.19 bits per heavy atom. The van der Waals surface area contributed by atoms with E-state index < -0.39 is 17.3 Å². The lowest BCUT2D eigenvalue weighted by Gasteiger charge is -2.24. The molecule has 4 N–H and O–H groups in total. The van der Waals surface area contributed by atoms with Crippen molar-refractivity contribution in [3.05, 3.63) is 23.5 Å². The first kappa shape index (κ1) is 15.4. The Bertz CT molecular complexity index is 585. The van der Waals surface area contributed by atoms with Gasteiger partial charge in [-0.05, 0) is 37.5 Å². The number of carbonyl (C=O) groups is 2. The third kappa shape index (κ3) is 3.39. The minimum absolute atomic E-state index is 0.0359. The first-order chi connectivity index (χ1) is 9.83. The fourth-order valence-corrected chi connectivity index (χ4v) is 2.39. The molecule has 6 heteroatoms. The third-order valence-electron chi connectivity index (χ3n) is 3.62. The fraction of sp³-hybridized carbons (Fsp3) is 0.467. The van der Waals surface area contributed by atoms with E-state index >= 15 is 0 Å². The average molecular weight is 293 g/mol. The second-order valence-corrected chi connectivity index (χ2v) is 5.66. The Morgan fingerprint density at radius 1 is 1.48 bits per heavy atom. The van der Waals surface area contributed by atoms with E-state index in [1.54, 1.807) is 6.92 Å². The lowest BCUT2D eigenvalue weighted by molar-refractivity contribution is -0.121. The number of anilines is 2. The number of amides is 2. The predicted octanol–water partition coefficient (Wildman–Crippen LogP) is 2.17. The van der Waals surface area contributed by atoms with Gasteiger partial charge in [-0.3, -0.25) is 9.59 Å². The molecule has 2 amide bonds. The number of fused-ring (bicyclic) bond motifs is 1. The summed E-state index contributed by atoms with van der Waals surface area (Å²) in [5.74, 6) is -1.07. The zero-order valence-corrected chi connectivity index (χ0v) is 12.3. The van der Waals surface area contributed by atoms with Crippen molar-refractivity contribution in [1.29, 1.82) is 0 Å². The number of hydrogen-bond donors (Lipinski definition) is 3. The van der Waals surface area contributed by atoms with Crippen LogP contribution >= 0.6 is 0 Å². The SMILES string of the molecule is CCCC(C)(N)C(=O)Nc1cc2c(cc1F)CCC(=O)N2. The van der Waals surface area contributed by atoms with Crippen LogP contribution in [0.1, 0.15) is 38.7 Å². The highest BCUT2D eigenvalue weighted by molar-refractivity contribution is 5.99. The summed E-state index contributed by atoms with van der Waals surface area (Å²) in [6.07, 6.45) is 2.09. The normalized spacial score (nSPS) is 16.7. The van der Waals surface area contributed by atoms with Gasteiger partial charge in [0, 0.05) is 12.1 Å². The van der Waals surface area contributed by atoms with Crippen LogP contribution in [0.4, 0.5) is 15.8 Å². The number of carbonyl (C=O) groups excluding carboxylic acids is 2. The molecule has 2 rings (SSSR count). The second kappa shape index (κ2) is 5.81. The smallest absolute Gasteiger partial charge is 0.244 e. The molecule has 0 bridgehead atoms. The number of nitrogens with one attached hydrogen (secondary N) is 2. The first-order valence-corrected chi connectivity index (χ1v) is 7.06. The molecule has 5 nitrogen and oxygen atoms in total. The molecular formula is C15H20FN3O2. The van der Waals surface area contributed by atoms with Crippen LogP contribution in [0, 0.1) is 5.82 Å². The van der Waals surface area contributed by atoms with Gasteiger partial charge in [0.25, 0.3) is 0 Å². The highest BCUT2D eigenvalue weighted by Gasteiger charge is 2.28. The van der Waals surface area contributed by atoms with Crippen LogP contribution < -0.4 is 16.4 Å². The van der Waals surface area contributed by atoms with E-state index in [0.29, 0.717) is 24.9 Å². The van der Waals surface area contributed by atoms with Gasteiger partial charge in [0.2, 0.25) is 11.8 Å². The molecule has 0 saturated heterocycles. The van der Waals surface area contributed by atoms with Gasteiger partial charge in [0.15, 0.2) is 0 Å². The third-order valence-corrected chi connectivity index (χ3v) is 3.62. The Morgan fingerprint density at radius 3 is 2.86 bits per heavy atom. The van der Waals surface area contributed by atoms with E-state index in [0.717, 1.165) is 12.0 Å². The summed E-state index contributed by atoms with van der Waals surface area (Å²) in [5.41, 5.74) is 6.17. The van der Waals surface area contributed by atoms with Crippen molar-refractivity contribution in [2.24, 2.45) is 5.73 Å². The zero-order valence-electron chi connectivity index (χ0n) is 12.3. The summed E-state index contributed by atoms with van der Waals surface area (Å²) >= 11 is 0. The van der Waals surface area contributed by atoms with Gasteiger partial charge in [-0.2, -0.15) is 0 Å². The standard InChI is InChI=1S/C15H20FN3O2/c1-3-6-15(2,17)14(21)19-12-8-11-9(7-10(12)16)4-5-13(20)18-11/h7-8H,3-6,17H2,1-2H3,(H,18,20)(H,19,21). The molecule has 21 heavy (non-hydrogen) atoms. The summed E-state index contributed by atoms with van der Waals surface area (Å²) in [5, 5.41) is 5.19. The van der Waals surface area contributed by atoms with Gasteiger partial charge in [0.1, 0.15) is 5.82 Å². The summed E-state index contributed by atoms with van der Waals surface area (Å²) in [7, 11) is 0. The van der Waals surface area contributed by atoms with Crippen LogP contribution in [-0.4, -0.2) is 17.4 Å². The molecule has 0 aromatic heterocycles. The quantitative estimate of drug-likeness (QED) is 0.795. The van der Waals surface area contributed by atoms with Crippen LogP contribution in [0.2, 0.25) is 0 Å². The van der Waals surface area contributed by atoms with Crippen LogP contribution in [0.15, 0.2) is 12.1 Å². The van der Waals surface area contributed by atoms with Gasteiger partial charge in [-0.15, -0.1) is 0 Å². The maximum absolute atomic E-state index is 14.0. The molecule has 0 radical (unpaired) electrons. The minimum atomic E-state index is -1.06. The van der Waals surface area contributed by atoms with Crippen molar-refractivity contribution < 1.29 is 14.0 Å². The van der Waals surface area contributed by atoms with E-state index in [2.05, 4.69) is 10.6 Å². The molecule has 1 aromatic carbocycles. The molecule has 0 aliphatic carbocycles. The minimum Gasteiger partial charge on any atom is -0.326 e. The van der Waals surface area contributed by atoms with Crippen molar-refractivity contribution in [2.75, 3.05) is 10.6 Å². The number of benzene rings is 1. The average Bonchev–Trinajstić information content (AvgIpc) is 2.40. The van der Waals surface area contributed by atoms with Gasteiger partial charge in [-0.1, -0.05) is 13.3 Å². The Labute approximate surface area is 123 Å². The summed E-state index contributed by atoms with van der Waals surface area (Å²) in [6.45, 7) is 3.54. The van der Waals surface area contributed by atoms with Crippen molar-refractivity contribution >= 4 is 23.2 Å². The van der Waals surface area contributed by atoms with Crippen molar-refractivity contribution in [2.45, 2.75) is 45.1 Å². The van der Waals surface area contributed by atoms with Crippen LogP contribution in [-0.2, 0) is 16.0 Å². The maximum Gasteiger partial charge on any atom is 0.244 e. The Kier molecular flexibility index (Phi) is 4.27. The molecule has 0 fully saturated rings. The number of hydrogen-bond acceptors (Lipinski definition) is 3. The molecule has 1 aliphatic heterocycles. The van der Waals surface area contributed by atoms with Crippen LogP contribution in [0.3, 0.4) is 0 Å². The van der Waals surface area contributed by atoms with Crippen LogP contribution in [0.25, 0.3) is 0 Å². The fourth-order valence-electron chi connectivity index (χ4n) is 2.39. The van der Waals surface area contributed by atoms with Gasteiger partial charge in [-0.25, -0.2) is 4.39 Å². The Hall–Kier alpha value is -1.95. The van der Waals surface area contributed by atoms with E-state index in [9.17, 15) is 14.0 Å². The van der Waals surface area contributed by atoms with Crippen molar-refractivity contribution in [1.82, 2.24) is 0 Å². The zero-order chi connectivity index (χ0) is 15.6. The summed E-state index contributed by atoms with van der Waals surface area (Å²) in [6, 6.07) is 2.79. The predicted molar refractivity (Wildman–Crippen MR) is 79.5 cm³/mol. The molecule has 1 aliphatic rings. The lowest BCUT2D eigenvalue weighted by Crippen LogP contribution is -2.48. The van der Waals surface area contributed by atoms with E-state index in [-0.39, 0.29) is 11.6 Å². The van der Waals surface area contributed by atoms with E-state index in [1.165, 1.54) is 12.1 Å². The maximum atomic E-state index is 14.0. The molecular weight excluding hydrogens is 273 g/mol. The number of nitrogens with two attached hydrogens (primary N) is 1. The number of halogens is 1.